The van der Waals surface area contributed by atoms with Crippen molar-refractivity contribution in [2.24, 2.45) is 0 Å². The van der Waals surface area contributed by atoms with E-state index in [1.54, 1.807) is 17.5 Å². The van der Waals surface area contributed by atoms with Gasteiger partial charge in [0, 0.05) is 13.1 Å². The molecule has 0 fully saturated rings. The summed E-state index contributed by atoms with van der Waals surface area (Å²) in [5.41, 5.74) is 3.33. The normalized spacial score (nSPS) is 11.0. The zero-order chi connectivity index (χ0) is 14.7. The van der Waals surface area contributed by atoms with Crippen molar-refractivity contribution in [3.05, 3.63) is 28.1 Å². The number of hydrogen-bond donors (Lipinski definition) is 3. The van der Waals surface area contributed by atoms with E-state index >= 15 is 0 Å². The highest BCUT2D eigenvalue weighted by atomic mass is 32.1. The van der Waals surface area contributed by atoms with E-state index in [0.717, 1.165) is 36.4 Å². The fraction of sp³-hybridized carbons (Fsp3) is 0.357. The second-order valence-corrected chi connectivity index (χ2v) is 5.63. The molecule has 3 rings (SSSR count). The lowest BCUT2D eigenvalue weighted by molar-refractivity contribution is 0.953. The van der Waals surface area contributed by atoms with Crippen LogP contribution in [0.3, 0.4) is 0 Å². The van der Waals surface area contributed by atoms with Crippen molar-refractivity contribution in [2.45, 2.75) is 26.8 Å². The third-order valence-electron chi connectivity index (χ3n) is 3.25. The van der Waals surface area contributed by atoms with E-state index in [0.29, 0.717) is 5.95 Å². The largest absolute Gasteiger partial charge is 0.365 e. The standard InChI is InChI=1S/C14H18N6S/c1-3-4-15-14-18-12(11-6-17-20-13(11)19-14)16-5-10-8-21-7-9(10)2/h6-8H,3-5H2,1-2H3,(H3,15,16,17,18,19,20). The van der Waals surface area contributed by atoms with E-state index < -0.39 is 0 Å². The first-order valence-corrected chi connectivity index (χ1v) is 7.92. The molecule has 0 aliphatic carbocycles. The van der Waals surface area contributed by atoms with E-state index in [1.807, 2.05) is 0 Å². The second kappa shape index (κ2) is 6.09. The number of aryl methyl sites for hydroxylation is 1. The molecule has 0 spiro atoms. The Morgan fingerprint density at radius 2 is 2.14 bits per heavy atom. The number of aromatic nitrogens is 4. The summed E-state index contributed by atoms with van der Waals surface area (Å²) in [6.07, 6.45) is 2.78. The van der Waals surface area contributed by atoms with Gasteiger partial charge in [0.25, 0.3) is 0 Å². The van der Waals surface area contributed by atoms with Gasteiger partial charge in [-0.05, 0) is 35.2 Å². The van der Waals surface area contributed by atoms with Gasteiger partial charge in [-0.3, -0.25) is 5.10 Å². The number of nitrogens with zero attached hydrogens (tertiary/aromatic N) is 3. The van der Waals surface area contributed by atoms with Crippen LogP contribution in [0.5, 0.6) is 0 Å². The average Bonchev–Trinajstić information content (AvgIpc) is 3.11. The van der Waals surface area contributed by atoms with Crippen LogP contribution in [0.4, 0.5) is 11.8 Å². The van der Waals surface area contributed by atoms with Gasteiger partial charge < -0.3 is 10.6 Å². The molecule has 0 amide bonds. The quantitative estimate of drug-likeness (QED) is 0.652. The van der Waals surface area contributed by atoms with Gasteiger partial charge in [-0.25, -0.2) is 0 Å². The van der Waals surface area contributed by atoms with Crippen LogP contribution in [0.2, 0.25) is 0 Å². The van der Waals surface area contributed by atoms with Crippen LogP contribution in [0.1, 0.15) is 24.5 Å². The van der Waals surface area contributed by atoms with Crippen molar-refractivity contribution in [1.29, 1.82) is 0 Å². The van der Waals surface area contributed by atoms with Crippen molar-refractivity contribution >= 4 is 34.1 Å². The lowest BCUT2D eigenvalue weighted by atomic mass is 10.2. The average molecular weight is 302 g/mol. The monoisotopic (exact) mass is 302 g/mol. The van der Waals surface area contributed by atoms with Crippen LogP contribution in [0.25, 0.3) is 11.0 Å². The molecule has 0 aromatic carbocycles. The minimum absolute atomic E-state index is 0.623. The van der Waals surface area contributed by atoms with Crippen molar-refractivity contribution < 1.29 is 0 Å². The summed E-state index contributed by atoms with van der Waals surface area (Å²) < 4.78 is 0. The van der Waals surface area contributed by atoms with Gasteiger partial charge in [-0.1, -0.05) is 6.92 Å². The molecule has 6 nitrogen and oxygen atoms in total. The fourth-order valence-corrected chi connectivity index (χ4v) is 2.89. The Morgan fingerprint density at radius 3 is 2.90 bits per heavy atom. The Bertz CT molecular complexity index is 732. The van der Waals surface area contributed by atoms with Crippen LogP contribution < -0.4 is 10.6 Å². The zero-order valence-corrected chi connectivity index (χ0v) is 12.9. The van der Waals surface area contributed by atoms with Crippen molar-refractivity contribution in [3.8, 4) is 0 Å². The molecule has 7 heteroatoms. The van der Waals surface area contributed by atoms with Gasteiger partial charge in [0.05, 0.1) is 11.6 Å². The van der Waals surface area contributed by atoms with Crippen molar-refractivity contribution in [3.63, 3.8) is 0 Å². The van der Waals surface area contributed by atoms with Gasteiger partial charge >= 0.3 is 0 Å². The van der Waals surface area contributed by atoms with Gasteiger partial charge in [0.15, 0.2) is 5.65 Å². The third kappa shape index (κ3) is 2.97. The smallest absolute Gasteiger partial charge is 0.226 e. The van der Waals surface area contributed by atoms with E-state index in [9.17, 15) is 0 Å². The SMILES string of the molecule is CCCNc1nc(NCc2cscc2C)c2cn[nH]c2n1. The predicted octanol–water partition coefficient (Wildman–Crippen LogP) is 3.16. The molecular formula is C14H18N6S. The van der Waals surface area contributed by atoms with Gasteiger partial charge in [0.2, 0.25) is 5.95 Å². The number of H-pyrrole nitrogens is 1. The number of fused-ring (bicyclic) bond motifs is 1. The van der Waals surface area contributed by atoms with Crippen molar-refractivity contribution in [2.75, 3.05) is 17.2 Å². The fourth-order valence-electron chi connectivity index (χ4n) is 2.03. The Hall–Kier alpha value is -2.15. The molecule has 0 aliphatic rings. The highest BCUT2D eigenvalue weighted by molar-refractivity contribution is 7.08. The molecule has 0 saturated heterocycles. The van der Waals surface area contributed by atoms with Gasteiger partial charge in [-0.15, -0.1) is 0 Å². The molecular weight excluding hydrogens is 284 g/mol. The van der Waals surface area contributed by atoms with E-state index in [-0.39, 0.29) is 0 Å². The maximum Gasteiger partial charge on any atom is 0.226 e. The summed E-state index contributed by atoms with van der Waals surface area (Å²) in [4.78, 5) is 8.97. The van der Waals surface area contributed by atoms with E-state index in [4.69, 9.17) is 0 Å². The maximum absolute atomic E-state index is 4.55. The Labute approximate surface area is 127 Å². The molecule has 0 radical (unpaired) electrons. The molecule has 0 atom stereocenters. The summed E-state index contributed by atoms with van der Waals surface area (Å²) in [7, 11) is 0. The molecule has 110 valence electrons. The first-order valence-electron chi connectivity index (χ1n) is 6.98. The third-order valence-corrected chi connectivity index (χ3v) is 4.16. The minimum Gasteiger partial charge on any atom is -0.365 e. The highest BCUT2D eigenvalue weighted by Crippen LogP contribution is 2.22. The molecule has 0 saturated carbocycles. The number of hydrogen-bond acceptors (Lipinski definition) is 6. The summed E-state index contributed by atoms with van der Waals surface area (Å²) in [5.74, 6) is 1.43. The van der Waals surface area contributed by atoms with Gasteiger partial charge in [0.1, 0.15) is 5.82 Å². The van der Waals surface area contributed by atoms with Crippen LogP contribution in [0, 0.1) is 6.92 Å². The molecule has 0 bridgehead atoms. The Balaban J connectivity index is 1.85. The van der Waals surface area contributed by atoms with Gasteiger partial charge in [-0.2, -0.15) is 26.4 Å². The van der Waals surface area contributed by atoms with Crippen LogP contribution in [0.15, 0.2) is 17.0 Å². The first-order chi connectivity index (χ1) is 10.3. The maximum atomic E-state index is 4.55. The molecule has 3 heterocycles. The van der Waals surface area contributed by atoms with Crippen LogP contribution in [-0.4, -0.2) is 26.7 Å². The molecule has 3 aromatic rings. The predicted molar refractivity (Wildman–Crippen MR) is 86.8 cm³/mol. The molecule has 21 heavy (non-hydrogen) atoms. The lowest BCUT2D eigenvalue weighted by Gasteiger charge is -2.09. The number of thiophene rings is 1. The molecule has 0 unspecified atom stereocenters. The van der Waals surface area contributed by atoms with E-state index in [2.05, 4.69) is 55.4 Å². The van der Waals surface area contributed by atoms with Crippen LogP contribution in [-0.2, 0) is 6.54 Å². The topological polar surface area (TPSA) is 78.5 Å². The lowest BCUT2D eigenvalue weighted by Crippen LogP contribution is -2.08. The summed E-state index contributed by atoms with van der Waals surface area (Å²) >= 11 is 1.72. The molecule has 0 aliphatic heterocycles. The molecule has 3 aromatic heterocycles. The van der Waals surface area contributed by atoms with E-state index in [1.165, 1.54) is 11.1 Å². The summed E-state index contributed by atoms with van der Waals surface area (Å²) in [6, 6.07) is 0. The first kappa shape index (κ1) is 13.8. The minimum atomic E-state index is 0.623. The number of rotatable bonds is 6. The number of nitrogens with one attached hydrogen (secondary N) is 3. The number of anilines is 2. The summed E-state index contributed by atoms with van der Waals surface area (Å²) in [5, 5.41) is 18.8. The van der Waals surface area contributed by atoms with Crippen LogP contribution >= 0.6 is 11.3 Å². The highest BCUT2D eigenvalue weighted by Gasteiger charge is 2.09. The second-order valence-electron chi connectivity index (χ2n) is 4.89. The summed E-state index contributed by atoms with van der Waals surface area (Å²) in [6.45, 7) is 5.83. The Morgan fingerprint density at radius 1 is 1.24 bits per heavy atom. The zero-order valence-electron chi connectivity index (χ0n) is 12.1. The Kier molecular flexibility index (Phi) is 4.01. The number of aromatic amines is 1. The molecule has 3 N–H and O–H groups in total. The van der Waals surface area contributed by atoms with Crippen molar-refractivity contribution in [1.82, 2.24) is 20.2 Å².